The number of nitro benzene ring substituents is 1. The number of anilines is 1. The number of aryl methyl sites for hydroxylation is 1. The molecule has 0 spiro atoms. The molecule has 0 saturated carbocycles. The Bertz CT molecular complexity index is 419. The summed E-state index contributed by atoms with van der Waals surface area (Å²) in [7, 11) is 3.13. The van der Waals surface area contributed by atoms with E-state index in [1.807, 2.05) is 6.92 Å². The summed E-state index contributed by atoms with van der Waals surface area (Å²) in [5.41, 5.74) is 1.52. The molecule has 0 aliphatic rings. The molecule has 0 aliphatic heterocycles. The summed E-state index contributed by atoms with van der Waals surface area (Å²) in [5, 5.41) is 13.9. The van der Waals surface area contributed by atoms with Crippen molar-refractivity contribution < 1.29 is 14.4 Å². The molecule has 6 heteroatoms. The first-order chi connectivity index (χ1) is 8.49. The zero-order chi connectivity index (χ0) is 13.7. The number of rotatable bonds is 6. The molecule has 6 nitrogen and oxygen atoms in total. The van der Waals surface area contributed by atoms with Crippen molar-refractivity contribution in [2.45, 2.75) is 26.2 Å². The van der Waals surface area contributed by atoms with Crippen LogP contribution in [0.4, 0.5) is 11.4 Å². The van der Waals surface area contributed by atoms with Crippen LogP contribution in [0, 0.1) is 17.0 Å². The highest BCUT2D eigenvalue weighted by Gasteiger charge is 2.16. The number of nitrogens with one attached hydrogen (secondary N) is 1. The molecule has 1 aromatic carbocycles. The van der Waals surface area contributed by atoms with Crippen molar-refractivity contribution in [3.8, 4) is 0 Å². The van der Waals surface area contributed by atoms with E-state index >= 15 is 0 Å². The Kier molecular flexibility index (Phi) is 5.06. The highest BCUT2D eigenvalue weighted by molar-refractivity contribution is 5.53. The molecule has 1 rings (SSSR count). The van der Waals surface area contributed by atoms with E-state index in [9.17, 15) is 10.1 Å². The quantitative estimate of drug-likeness (QED) is 0.479. The summed E-state index contributed by atoms with van der Waals surface area (Å²) >= 11 is 0. The van der Waals surface area contributed by atoms with Gasteiger partial charge >= 0.3 is 0 Å². The molecule has 0 amide bonds. The van der Waals surface area contributed by atoms with Gasteiger partial charge in [0.2, 0.25) is 0 Å². The van der Waals surface area contributed by atoms with Crippen molar-refractivity contribution >= 4 is 11.4 Å². The van der Waals surface area contributed by atoms with Gasteiger partial charge in [-0.2, -0.15) is 0 Å². The molecule has 18 heavy (non-hydrogen) atoms. The number of benzene rings is 1. The fraction of sp³-hybridized carbons (Fsp3) is 0.500. The van der Waals surface area contributed by atoms with Gasteiger partial charge in [-0.05, 0) is 26.0 Å². The third-order valence-electron chi connectivity index (χ3n) is 2.66. The average molecular weight is 254 g/mol. The SMILES string of the molecule is COC(OC)C(C)Nc1ccc([N+](=O)[O-])c(C)c1. The lowest BCUT2D eigenvalue weighted by Crippen LogP contribution is -2.33. The number of hydrogen-bond acceptors (Lipinski definition) is 5. The van der Waals surface area contributed by atoms with Gasteiger partial charge in [0, 0.05) is 31.5 Å². The topological polar surface area (TPSA) is 73.6 Å². The fourth-order valence-corrected chi connectivity index (χ4v) is 1.79. The minimum Gasteiger partial charge on any atom is -0.377 e. The molecule has 0 bridgehead atoms. The Morgan fingerprint density at radius 3 is 2.39 bits per heavy atom. The normalized spacial score (nSPS) is 12.5. The molecule has 1 aromatic rings. The third-order valence-corrected chi connectivity index (χ3v) is 2.66. The molecule has 0 aliphatic carbocycles. The Balaban J connectivity index is 2.80. The Hall–Kier alpha value is -1.66. The number of ether oxygens (including phenoxy) is 2. The Morgan fingerprint density at radius 1 is 1.33 bits per heavy atom. The van der Waals surface area contributed by atoms with E-state index in [4.69, 9.17) is 9.47 Å². The van der Waals surface area contributed by atoms with Gasteiger partial charge in [0.25, 0.3) is 5.69 Å². The van der Waals surface area contributed by atoms with Crippen molar-refractivity contribution in [1.29, 1.82) is 0 Å². The third kappa shape index (κ3) is 3.41. The summed E-state index contributed by atoms with van der Waals surface area (Å²) in [6.45, 7) is 3.62. The summed E-state index contributed by atoms with van der Waals surface area (Å²) < 4.78 is 10.3. The maximum atomic E-state index is 10.7. The van der Waals surface area contributed by atoms with E-state index in [1.54, 1.807) is 33.3 Å². The lowest BCUT2D eigenvalue weighted by molar-refractivity contribution is -0.385. The maximum Gasteiger partial charge on any atom is 0.272 e. The van der Waals surface area contributed by atoms with Crippen molar-refractivity contribution in [3.63, 3.8) is 0 Å². The highest BCUT2D eigenvalue weighted by atomic mass is 16.7. The van der Waals surface area contributed by atoms with Crippen LogP contribution in [0.5, 0.6) is 0 Å². The highest BCUT2D eigenvalue weighted by Crippen LogP contribution is 2.22. The van der Waals surface area contributed by atoms with Crippen molar-refractivity contribution in [2.24, 2.45) is 0 Å². The van der Waals surface area contributed by atoms with Crippen molar-refractivity contribution in [3.05, 3.63) is 33.9 Å². The molecule has 1 unspecified atom stereocenters. The van der Waals surface area contributed by atoms with Crippen LogP contribution >= 0.6 is 0 Å². The monoisotopic (exact) mass is 254 g/mol. The smallest absolute Gasteiger partial charge is 0.272 e. The van der Waals surface area contributed by atoms with Crippen LogP contribution in [0.3, 0.4) is 0 Å². The van der Waals surface area contributed by atoms with Crippen molar-refractivity contribution in [2.75, 3.05) is 19.5 Å². The van der Waals surface area contributed by atoms with Gasteiger partial charge in [0.1, 0.15) is 0 Å². The number of hydrogen-bond donors (Lipinski definition) is 1. The second-order valence-corrected chi connectivity index (χ2v) is 4.03. The summed E-state index contributed by atoms with van der Waals surface area (Å²) in [6, 6.07) is 4.82. The van der Waals surface area contributed by atoms with Crippen molar-refractivity contribution in [1.82, 2.24) is 0 Å². The molecule has 1 atom stereocenters. The Morgan fingerprint density at radius 2 is 1.94 bits per heavy atom. The van der Waals surface area contributed by atoms with Crippen LogP contribution < -0.4 is 5.32 Å². The van der Waals surface area contributed by atoms with Crippen LogP contribution in [-0.4, -0.2) is 31.5 Å². The zero-order valence-electron chi connectivity index (χ0n) is 11.0. The molecular formula is C12H18N2O4. The van der Waals surface area contributed by atoms with E-state index in [0.717, 1.165) is 5.69 Å². The second-order valence-electron chi connectivity index (χ2n) is 4.03. The van der Waals surface area contributed by atoms with E-state index in [0.29, 0.717) is 5.56 Å². The van der Waals surface area contributed by atoms with Gasteiger partial charge < -0.3 is 14.8 Å². The lowest BCUT2D eigenvalue weighted by atomic mass is 10.1. The second kappa shape index (κ2) is 6.32. The molecule has 0 saturated heterocycles. The van der Waals surface area contributed by atoms with Gasteiger partial charge in [-0.3, -0.25) is 10.1 Å². The predicted molar refractivity (Wildman–Crippen MR) is 68.7 cm³/mol. The minimum atomic E-state index is -0.393. The number of nitro groups is 1. The first-order valence-electron chi connectivity index (χ1n) is 5.56. The van der Waals surface area contributed by atoms with Crippen LogP contribution in [0.1, 0.15) is 12.5 Å². The molecule has 1 N–H and O–H groups in total. The predicted octanol–water partition coefficient (Wildman–Crippen LogP) is 2.32. The van der Waals surface area contributed by atoms with Gasteiger partial charge in [0.15, 0.2) is 6.29 Å². The molecule has 100 valence electrons. The fourth-order valence-electron chi connectivity index (χ4n) is 1.79. The lowest BCUT2D eigenvalue weighted by Gasteiger charge is -2.23. The molecule has 0 aromatic heterocycles. The van der Waals surface area contributed by atoms with Gasteiger partial charge in [-0.15, -0.1) is 0 Å². The number of methoxy groups -OCH3 is 2. The zero-order valence-corrected chi connectivity index (χ0v) is 11.0. The van der Waals surface area contributed by atoms with Crippen LogP contribution in [0.2, 0.25) is 0 Å². The standard InChI is InChI=1S/C12H18N2O4/c1-8-7-10(5-6-11(8)14(15)16)13-9(2)12(17-3)18-4/h5-7,9,12-13H,1-4H3. The first kappa shape index (κ1) is 14.4. The maximum absolute atomic E-state index is 10.7. The van der Waals surface area contributed by atoms with Gasteiger partial charge in [-0.1, -0.05) is 0 Å². The molecule has 0 heterocycles. The van der Waals surface area contributed by atoms with E-state index in [2.05, 4.69) is 5.32 Å². The minimum absolute atomic E-state index is 0.0687. The summed E-state index contributed by atoms with van der Waals surface area (Å²) in [5.74, 6) is 0. The molecule has 0 radical (unpaired) electrons. The van der Waals surface area contributed by atoms with Gasteiger partial charge in [-0.25, -0.2) is 0 Å². The van der Waals surface area contributed by atoms with Crippen LogP contribution in [-0.2, 0) is 9.47 Å². The van der Waals surface area contributed by atoms with Gasteiger partial charge in [0.05, 0.1) is 11.0 Å². The summed E-state index contributed by atoms with van der Waals surface area (Å²) in [6.07, 6.45) is -0.375. The first-order valence-corrected chi connectivity index (χ1v) is 5.56. The number of nitrogens with zero attached hydrogens (tertiary/aromatic N) is 1. The van der Waals surface area contributed by atoms with E-state index < -0.39 is 4.92 Å². The summed E-state index contributed by atoms with van der Waals surface area (Å²) in [4.78, 5) is 10.3. The van der Waals surface area contributed by atoms with Crippen LogP contribution in [0.25, 0.3) is 0 Å². The molecule has 0 fully saturated rings. The molecular weight excluding hydrogens is 236 g/mol. The van der Waals surface area contributed by atoms with Crippen LogP contribution in [0.15, 0.2) is 18.2 Å². The van der Waals surface area contributed by atoms with E-state index in [-0.39, 0.29) is 18.0 Å². The Labute approximate surface area is 106 Å². The average Bonchev–Trinajstić information content (AvgIpc) is 2.30. The largest absolute Gasteiger partial charge is 0.377 e. The van der Waals surface area contributed by atoms with E-state index in [1.165, 1.54) is 6.07 Å².